The predicted octanol–water partition coefficient (Wildman–Crippen LogP) is 2.87. The minimum absolute atomic E-state index is 0.244. The van der Waals surface area contributed by atoms with E-state index in [9.17, 15) is 4.79 Å². The second kappa shape index (κ2) is 4.58. The average molecular weight is 288 g/mol. The van der Waals surface area contributed by atoms with E-state index in [2.05, 4.69) is 10.2 Å². The molecule has 2 spiro atoms. The van der Waals surface area contributed by atoms with Gasteiger partial charge in [-0.05, 0) is 70.1 Å². The maximum absolute atomic E-state index is 12.4. The molecule has 3 nitrogen and oxygen atoms in total. The molecule has 1 aliphatic heterocycles. The highest BCUT2D eigenvalue weighted by molar-refractivity contribution is 5.88. The quantitative estimate of drug-likeness (QED) is 0.807. The number of nitrogens with one attached hydrogen (secondary N) is 1. The van der Waals surface area contributed by atoms with Crippen molar-refractivity contribution in [2.75, 3.05) is 13.1 Å². The fourth-order valence-corrected chi connectivity index (χ4v) is 4.15. The van der Waals surface area contributed by atoms with Crippen LogP contribution in [0.2, 0.25) is 0 Å². The van der Waals surface area contributed by atoms with Gasteiger partial charge < -0.3 is 10.2 Å². The lowest BCUT2D eigenvalue weighted by Gasteiger charge is -2.32. The van der Waals surface area contributed by atoms with Gasteiger partial charge in [0.2, 0.25) is 5.91 Å². The molecular weight excluding hydrogens is 260 g/mol. The Hall–Kier alpha value is -0.830. The molecule has 4 rings (SSSR count). The molecule has 21 heavy (non-hydrogen) atoms. The normalized spacial score (nSPS) is 35.6. The Labute approximate surface area is 128 Å². The van der Waals surface area contributed by atoms with Crippen molar-refractivity contribution in [2.24, 2.45) is 11.3 Å². The van der Waals surface area contributed by atoms with Gasteiger partial charge in [0.1, 0.15) is 0 Å². The smallest absolute Gasteiger partial charge is 0.246 e. The molecule has 4 fully saturated rings. The van der Waals surface area contributed by atoms with Crippen LogP contribution in [-0.2, 0) is 4.79 Å². The summed E-state index contributed by atoms with van der Waals surface area (Å²) in [7, 11) is 0. The Morgan fingerprint density at radius 2 is 1.95 bits per heavy atom. The number of piperidine rings is 1. The summed E-state index contributed by atoms with van der Waals surface area (Å²) in [5.41, 5.74) is 2.20. The zero-order chi connectivity index (χ0) is 14.7. The molecule has 0 unspecified atom stereocenters. The van der Waals surface area contributed by atoms with Crippen LogP contribution < -0.4 is 5.32 Å². The van der Waals surface area contributed by atoms with Gasteiger partial charge in [-0.1, -0.05) is 5.57 Å². The van der Waals surface area contributed by atoms with E-state index in [0.717, 1.165) is 12.1 Å². The summed E-state index contributed by atoms with van der Waals surface area (Å²) in [5.74, 6) is 0.942. The van der Waals surface area contributed by atoms with Crippen LogP contribution in [0.5, 0.6) is 0 Å². The molecule has 0 aromatic rings. The van der Waals surface area contributed by atoms with E-state index in [1.165, 1.54) is 51.5 Å². The van der Waals surface area contributed by atoms with E-state index >= 15 is 0 Å². The first-order valence-electron chi connectivity index (χ1n) is 8.73. The fraction of sp³-hybridized carbons (Fsp3) is 0.833. The zero-order valence-electron chi connectivity index (χ0n) is 13.5. The van der Waals surface area contributed by atoms with Crippen LogP contribution in [0.15, 0.2) is 11.6 Å². The number of carbonyl (C=O) groups excluding carboxylic acids is 1. The third-order valence-electron chi connectivity index (χ3n) is 6.21. The van der Waals surface area contributed by atoms with Gasteiger partial charge in [0.15, 0.2) is 0 Å². The lowest BCUT2D eigenvalue weighted by molar-refractivity contribution is -0.127. The molecule has 2 atom stereocenters. The Morgan fingerprint density at radius 3 is 2.48 bits per heavy atom. The molecule has 3 heteroatoms. The van der Waals surface area contributed by atoms with Gasteiger partial charge in [-0.3, -0.25) is 4.79 Å². The molecule has 1 saturated heterocycles. The van der Waals surface area contributed by atoms with Gasteiger partial charge in [-0.25, -0.2) is 0 Å². The van der Waals surface area contributed by atoms with Crippen molar-refractivity contribution in [1.82, 2.24) is 10.2 Å². The third kappa shape index (κ3) is 2.65. The molecule has 4 aliphatic rings. The second-order valence-electron chi connectivity index (χ2n) is 8.35. The molecule has 0 radical (unpaired) electrons. The highest BCUT2D eigenvalue weighted by atomic mass is 16.2. The summed E-state index contributed by atoms with van der Waals surface area (Å²) in [6.07, 6.45) is 11.2. The first-order valence-corrected chi connectivity index (χ1v) is 8.73. The van der Waals surface area contributed by atoms with Crippen LogP contribution in [0.4, 0.5) is 0 Å². The molecule has 116 valence electrons. The number of carbonyl (C=O) groups is 1. The number of allylic oxidation sites excluding steroid dienone is 1. The highest BCUT2D eigenvalue weighted by Gasteiger charge is 2.60. The van der Waals surface area contributed by atoms with E-state index in [1.54, 1.807) is 0 Å². The third-order valence-corrected chi connectivity index (χ3v) is 6.21. The lowest BCUT2D eigenvalue weighted by Crippen LogP contribution is -2.45. The number of hydrogen-bond acceptors (Lipinski definition) is 2. The first kappa shape index (κ1) is 13.8. The summed E-state index contributed by atoms with van der Waals surface area (Å²) in [5, 5.41) is 3.86. The molecule has 0 aromatic heterocycles. The predicted molar refractivity (Wildman–Crippen MR) is 83.9 cm³/mol. The van der Waals surface area contributed by atoms with Crippen molar-refractivity contribution >= 4 is 5.91 Å². The molecule has 1 heterocycles. The maximum Gasteiger partial charge on any atom is 0.246 e. The van der Waals surface area contributed by atoms with Crippen molar-refractivity contribution in [2.45, 2.75) is 70.4 Å². The standard InChI is InChI=1S/C18H28N2O/c1-13(2)9-16(21)20(15-3-4-15)11-14-10-18(14)8-7-17(5-6-17)12-19-18/h9,14-15,19H,3-8,10-12H2,1-2H3/t14-,18+/m0/s1. The molecule has 1 amide bonds. The van der Waals surface area contributed by atoms with Gasteiger partial charge in [0.25, 0.3) is 0 Å². The topological polar surface area (TPSA) is 32.3 Å². The summed E-state index contributed by atoms with van der Waals surface area (Å²) in [4.78, 5) is 14.6. The zero-order valence-corrected chi connectivity index (χ0v) is 13.5. The molecule has 1 N–H and O–H groups in total. The number of amides is 1. The van der Waals surface area contributed by atoms with E-state index in [-0.39, 0.29) is 5.91 Å². The Kier molecular flexibility index (Phi) is 3.01. The molecule has 3 aliphatic carbocycles. The number of nitrogens with zero attached hydrogens (tertiary/aromatic N) is 1. The largest absolute Gasteiger partial charge is 0.336 e. The second-order valence-corrected chi connectivity index (χ2v) is 8.35. The van der Waals surface area contributed by atoms with Crippen LogP contribution in [0, 0.1) is 11.3 Å². The van der Waals surface area contributed by atoms with Gasteiger partial charge in [0.05, 0.1) is 0 Å². The van der Waals surface area contributed by atoms with Gasteiger partial charge in [-0.2, -0.15) is 0 Å². The van der Waals surface area contributed by atoms with E-state index in [0.29, 0.717) is 22.9 Å². The SMILES string of the molecule is CC(C)=CC(=O)N(C[C@@H]1C[C@]12CCC1(CC1)CN2)C1CC1. The summed E-state index contributed by atoms with van der Waals surface area (Å²) < 4.78 is 0. The minimum Gasteiger partial charge on any atom is -0.336 e. The maximum atomic E-state index is 12.4. The van der Waals surface area contributed by atoms with Gasteiger partial charge in [0, 0.05) is 30.7 Å². The highest BCUT2D eigenvalue weighted by Crippen LogP contribution is 2.59. The van der Waals surface area contributed by atoms with Crippen molar-refractivity contribution in [3.63, 3.8) is 0 Å². The van der Waals surface area contributed by atoms with Crippen LogP contribution in [0.25, 0.3) is 0 Å². The average Bonchev–Trinajstić information content (AvgIpc) is 3.28. The van der Waals surface area contributed by atoms with Crippen LogP contribution in [0.1, 0.15) is 58.8 Å². The summed E-state index contributed by atoms with van der Waals surface area (Å²) in [6, 6.07) is 0.532. The summed E-state index contributed by atoms with van der Waals surface area (Å²) >= 11 is 0. The van der Waals surface area contributed by atoms with Gasteiger partial charge in [-0.15, -0.1) is 0 Å². The molecule has 0 bridgehead atoms. The number of rotatable bonds is 4. The molecule has 3 saturated carbocycles. The fourth-order valence-electron chi connectivity index (χ4n) is 4.15. The minimum atomic E-state index is 0.244. The number of hydrogen-bond donors (Lipinski definition) is 1. The first-order chi connectivity index (χ1) is 10.0. The Morgan fingerprint density at radius 1 is 1.24 bits per heavy atom. The van der Waals surface area contributed by atoms with E-state index in [4.69, 9.17) is 0 Å². The van der Waals surface area contributed by atoms with Crippen LogP contribution >= 0.6 is 0 Å². The van der Waals surface area contributed by atoms with Crippen molar-refractivity contribution in [1.29, 1.82) is 0 Å². The summed E-state index contributed by atoms with van der Waals surface area (Å²) in [6.45, 7) is 6.24. The molecular formula is C18H28N2O. The van der Waals surface area contributed by atoms with Crippen LogP contribution in [-0.4, -0.2) is 35.5 Å². The van der Waals surface area contributed by atoms with E-state index in [1.807, 2.05) is 19.9 Å². The van der Waals surface area contributed by atoms with Crippen molar-refractivity contribution in [3.8, 4) is 0 Å². The van der Waals surface area contributed by atoms with Crippen molar-refractivity contribution < 1.29 is 4.79 Å². The van der Waals surface area contributed by atoms with Gasteiger partial charge >= 0.3 is 0 Å². The Balaban J connectivity index is 1.37. The van der Waals surface area contributed by atoms with Crippen LogP contribution in [0.3, 0.4) is 0 Å². The van der Waals surface area contributed by atoms with E-state index < -0.39 is 0 Å². The monoisotopic (exact) mass is 288 g/mol. The lowest BCUT2D eigenvalue weighted by atomic mass is 9.89. The Bertz CT molecular complexity index is 473. The van der Waals surface area contributed by atoms with Crippen molar-refractivity contribution in [3.05, 3.63) is 11.6 Å². The molecule has 0 aromatic carbocycles.